The van der Waals surface area contributed by atoms with Gasteiger partial charge in [-0.25, -0.2) is 4.39 Å². The zero-order valence-corrected chi connectivity index (χ0v) is 10.9. The average Bonchev–Trinajstić information content (AvgIpc) is 2.40. The summed E-state index contributed by atoms with van der Waals surface area (Å²) in [5.74, 6) is -0.425. The summed E-state index contributed by atoms with van der Waals surface area (Å²) in [6.45, 7) is 1.82. The molecule has 0 fully saturated rings. The maximum Gasteiger partial charge on any atom is 0.145 e. The molecule has 0 saturated carbocycles. The van der Waals surface area contributed by atoms with Gasteiger partial charge >= 0.3 is 0 Å². The number of nitrogens with zero attached hydrogens (tertiary/aromatic N) is 1. The molecule has 0 amide bonds. The van der Waals surface area contributed by atoms with Crippen LogP contribution in [0.25, 0.3) is 0 Å². The molecular weight excluding hydrogens is 237 g/mol. The summed E-state index contributed by atoms with van der Waals surface area (Å²) in [5, 5.41) is 8.96. The third-order valence-corrected chi connectivity index (χ3v) is 2.81. The Balaban J connectivity index is 3.36. The third kappa shape index (κ3) is 2.61. The van der Waals surface area contributed by atoms with Crippen LogP contribution in [0, 0.1) is 17.1 Å². The first-order valence-corrected chi connectivity index (χ1v) is 5.42. The molecule has 0 aliphatic rings. The van der Waals surface area contributed by atoms with Crippen LogP contribution < -0.4 is 4.74 Å². The first kappa shape index (κ1) is 14.4. The predicted molar refractivity (Wildman–Crippen MR) is 63.9 cm³/mol. The lowest BCUT2D eigenvalue weighted by molar-refractivity contribution is -0.0287. The molecule has 0 aromatic heterocycles. The molecule has 1 aromatic rings. The third-order valence-electron chi connectivity index (χ3n) is 2.81. The summed E-state index contributed by atoms with van der Waals surface area (Å²) in [5.41, 5.74) is 0.465. The number of halogens is 1. The van der Waals surface area contributed by atoms with Gasteiger partial charge in [0.25, 0.3) is 0 Å². The summed E-state index contributed by atoms with van der Waals surface area (Å²) in [7, 11) is 4.47. The van der Waals surface area contributed by atoms with E-state index in [1.807, 2.05) is 6.92 Å². The molecule has 0 heterocycles. The van der Waals surface area contributed by atoms with Gasteiger partial charge in [-0.1, -0.05) is 0 Å². The van der Waals surface area contributed by atoms with E-state index in [0.717, 1.165) is 0 Å². The van der Waals surface area contributed by atoms with Gasteiger partial charge in [-0.15, -0.1) is 0 Å². The number of benzene rings is 1. The Labute approximate surface area is 106 Å². The molecule has 0 N–H and O–H groups in total. The molecule has 18 heavy (non-hydrogen) atoms. The highest BCUT2D eigenvalue weighted by Gasteiger charge is 2.25. The van der Waals surface area contributed by atoms with Crippen LogP contribution in [0.5, 0.6) is 5.75 Å². The van der Waals surface area contributed by atoms with Crippen LogP contribution in [-0.4, -0.2) is 27.4 Å². The summed E-state index contributed by atoms with van der Waals surface area (Å²) in [6, 6.07) is 4.56. The van der Waals surface area contributed by atoms with Crippen molar-refractivity contribution in [3.05, 3.63) is 29.1 Å². The molecule has 0 bridgehead atoms. The van der Waals surface area contributed by atoms with E-state index >= 15 is 0 Å². The molecule has 0 aliphatic heterocycles. The van der Waals surface area contributed by atoms with Crippen LogP contribution in [0.15, 0.2) is 12.1 Å². The van der Waals surface area contributed by atoms with Gasteiger partial charge in [0.15, 0.2) is 0 Å². The van der Waals surface area contributed by atoms with Gasteiger partial charge in [0.2, 0.25) is 0 Å². The van der Waals surface area contributed by atoms with Crippen LogP contribution in [0.1, 0.15) is 24.2 Å². The minimum Gasteiger partial charge on any atom is -0.495 e. The summed E-state index contributed by atoms with van der Waals surface area (Å²) in [6.07, 6.45) is -0.682. The Morgan fingerprint density at radius 3 is 2.33 bits per heavy atom. The van der Waals surface area contributed by atoms with Gasteiger partial charge in [-0.05, 0) is 19.1 Å². The number of nitriles is 1. The topological polar surface area (TPSA) is 51.5 Å². The lowest BCUT2D eigenvalue weighted by Crippen LogP contribution is -2.20. The number of hydrogen-bond donors (Lipinski definition) is 0. The fourth-order valence-electron chi connectivity index (χ4n) is 1.82. The zero-order valence-electron chi connectivity index (χ0n) is 10.9. The second-order valence-electron chi connectivity index (χ2n) is 3.75. The van der Waals surface area contributed by atoms with Crippen molar-refractivity contribution >= 4 is 0 Å². The van der Waals surface area contributed by atoms with E-state index in [1.165, 1.54) is 20.3 Å². The molecule has 5 heteroatoms. The van der Waals surface area contributed by atoms with Crippen molar-refractivity contribution in [1.82, 2.24) is 0 Å². The van der Waals surface area contributed by atoms with Crippen molar-refractivity contribution in [2.75, 3.05) is 21.3 Å². The smallest absolute Gasteiger partial charge is 0.145 e. The molecule has 98 valence electrons. The largest absolute Gasteiger partial charge is 0.495 e. The zero-order chi connectivity index (χ0) is 13.7. The van der Waals surface area contributed by atoms with E-state index in [9.17, 15) is 4.39 Å². The Morgan fingerprint density at radius 2 is 1.89 bits per heavy atom. The summed E-state index contributed by atoms with van der Waals surface area (Å²) >= 11 is 0. The van der Waals surface area contributed by atoms with Crippen LogP contribution in [0.4, 0.5) is 4.39 Å². The van der Waals surface area contributed by atoms with Crippen LogP contribution >= 0.6 is 0 Å². The second-order valence-corrected chi connectivity index (χ2v) is 3.75. The lowest BCUT2D eigenvalue weighted by atomic mass is 10.0. The number of hydrogen-bond acceptors (Lipinski definition) is 4. The fourth-order valence-corrected chi connectivity index (χ4v) is 1.82. The normalized spacial score (nSPS) is 13.8. The van der Waals surface area contributed by atoms with Gasteiger partial charge < -0.3 is 14.2 Å². The molecule has 0 aliphatic carbocycles. The molecule has 1 aromatic carbocycles. The van der Waals surface area contributed by atoms with Gasteiger partial charge in [-0.3, -0.25) is 0 Å². The highest BCUT2D eigenvalue weighted by Crippen LogP contribution is 2.34. The molecule has 0 radical (unpaired) electrons. The molecule has 1 rings (SSSR count). The lowest BCUT2D eigenvalue weighted by Gasteiger charge is -2.24. The molecule has 4 nitrogen and oxygen atoms in total. The Bertz CT molecular complexity index is 456. The number of methoxy groups -OCH3 is 3. The number of rotatable bonds is 5. The van der Waals surface area contributed by atoms with Crippen molar-refractivity contribution in [2.24, 2.45) is 0 Å². The highest BCUT2D eigenvalue weighted by molar-refractivity contribution is 5.50. The van der Waals surface area contributed by atoms with Crippen LogP contribution in [-0.2, 0) is 9.47 Å². The molecule has 0 spiro atoms. The minimum absolute atomic E-state index is 0.125. The van der Waals surface area contributed by atoms with Crippen molar-refractivity contribution < 1.29 is 18.6 Å². The first-order valence-electron chi connectivity index (χ1n) is 5.42. The monoisotopic (exact) mass is 253 g/mol. The van der Waals surface area contributed by atoms with Gasteiger partial charge in [0.05, 0.1) is 13.2 Å². The van der Waals surface area contributed by atoms with Crippen LogP contribution in [0.3, 0.4) is 0 Å². The second kappa shape index (κ2) is 6.34. The Kier molecular flexibility index (Phi) is 5.08. The fraction of sp³-hybridized carbons (Fsp3) is 0.462. The minimum atomic E-state index is -0.613. The molecule has 2 unspecified atom stereocenters. The quantitative estimate of drug-likeness (QED) is 0.808. The van der Waals surface area contributed by atoms with Gasteiger partial charge in [0.1, 0.15) is 29.3 Å². The molecule has 0 saturated heterocycles. The summed E-state index contributed by atoms with van der Waals surface area (Å²) < 4.78 is 29.2. The number of ether oxygens (including phenoxy) is 3. The standard InChI is InChI=1S/C13H16FNO3/c1-8(16-2)12(17-3)9-5-6-11(14)10(7-15)13(9)18-4/h5-6,8,12H,1-4H3. The maximum atomic E-state index is 13.5. The Hall–Kier alpha value is -1.64. The van der Waals surface area contributed by atoms with Crippen molar-refractivity contribution in [1.29, 1.82) is 5.26 Å². The average molecular weight is 253 g/mol. The van der Waals surface area contributed by atoms with Gasteiger partial charge in [-0.2, -0.15) is 5.26 Å². The van der Waals surface area contributed by atoms with Crippen molar-refractivity contribution in [3.63, 3.8) is 0 Å². The van der Waals surface area contributed by atoms with E-state index in [1.54, 1.807) is 19.2 Å². The van der Waals surface area contributed by atoms with E-state index < -0.39 is 11.9 Å². The van der Waals surface area contributed by atoms with E-state index in [0.29, 0.717) is 5.56 Å². The maximum absolute atomic E-state index is 13.5. The highest BCUT2D eigenvalue weighted by atomic mass is 19.1. The van der Waals surface area contributed by atoms with E-state index in [4.69, 9.17) is 19.5 Å². The summed E-state index contributed by atoms with van der Waals surface area (Å²) in [4.78, 5) is 0. The van der Waals surface area contributed by atoms with Crippen LogP contribution in [0.2, 0.25) is 0 Å². The van der Waals surface area contributed by atoms with Crippen molar-refractivity contribution in [3.8, 4) is 11.8 Å². The van der Waals surface area contributed by atoms with Crippen molar-refractivity contribution in [2.45, 2.75) is 19.1 Å². The SMILES string of the molecule is COc1c(C(OC)C(C)OC)ccc(F)c1C#N. The Morgan fingerprint density at radius 1 is 1.22 bits per heavy atom. The van der Waals surface area contributed by atoms with E-state index in [-0.39, 0.29) is 17.4 Å². The molecule has 2 atom stereocenters. The first-order chi connectivity index (χ1) is 8.60. The molecular formula is C13H16FNO3. The van der Waals surface area contributed by atoms with Gasteiger partial charge in [0, 0.05) is 19.8 Å². The van der Waals surface area contributed by atoms with E-state index in [2.05, 4.69) is 0 Å². The predicted octanol–water partition coefficient (Wildman–Crippen LogP) is 2.43.